The van der Waals surface area contributed by atoms with Crippen molar-refractivity contribution in [3.63, 3.8) is 0 Å². The molecule has 31 heavy (non-hydrogen) atoms. The van der Waals surface area contributed by atoms with Crippen LogP contribution in [0.2, 0.25) is 0 Å². The lowest BCUT2D eigenvalue weighted by atomic mass is 9.97. The van der Waals surface area contributed by atoms with Gasteiger partial charge in [-0.2, -0.15) is 0 Å². The summed E-state index contributed by atoms with van der Waals surface area (Å²) in [5.74, 6) is -4.21. The van der Waals surface area contributed by atoms with E-state index in [4.69, 9.17) is 11.5 Å². The maximum Gasteiger partial charge on any atom is 0.257 e. The van der Waals surface area contributed by atoms with Crippen LogP contribution in [-0.2, 0) is 4.79 Å². The molecule has 8 heteroatoms. The normalized spacial score (nSPS) is 12.8. The molecule has 0 aliphatic rings. The number of nitrogen functional groups attached to an aromatic ring is 1. The van der Waals surface area contributed by atoms with E-state index < -0.39 is 47.0 Å². The van der Waals surface area contributed by atoms with E-state index in [9.17, 15) is 22.8 Å². The Balaban J connectivity index is 2.20. The quantitative estimate of drug-likeness (QED) is 0.580. The van der Waals surface area contributed by atoms with Crippen molar-refractivity contribution < 1.29 is 22.8 Å². The molecule has 3 aromatic rings. The van der Waals surface area contributed by atoms with Crippen LogP contribution in [0.25, 0.3) is 0 Å². The Kier molecular flexibility index (Phi) is 6.29. The number of para-hydroxylation sites is 1. The van der Waals surface area contributed by atoms with E-state index >= 15 is 0 Å². The predicted molar refractivity (Wildman–Crippen MR) is 110 cm³/mol. The summed E-state index contributed by atoms with van der Waals surface area (Å²) >= 11 is 0. The first-order chi connectivity index (χ1) is 14.7. The van der Waals surface area contributed by atoms with Crippen LogP contribution in [0.1, 0.15) is 40.5 Å². The molecule has 160 valence electrons. The molecule has 2 amide bonds. The number of halogens is 3. The highest BCUT2D eigenvalue weighted by atomic mass is 19.1. The number of benzene rings is 3. The van der Waals surface area contributed by atoms with Crippen LogP contribution in [0.3, 0.4) is 0 Å². The molecule has 0 bridgehead atoms. The van der Waals surface area contributed by atoms with Crippen molar-refractivity contribution in [2.75, 3.05) is 5.73 Å². The zero-order valence-corrected chi connectivity index (χ0v) is 16.6. The van der Waals surface area contributed by atoms with Gasteiger partial charge in [0.1, 0.15) is 23.5 Å². The lowest BCUT2D eigenvalue weighted by Crippen LogP contribution is -2.43. The Hall–Kier alpha value is -3.81. The molecule has 0 spiro atoms. The first kappa shape index (κ1) is 21.9. The summed E-state index contributed by atoms with van der Waals surface area (Å²) in [6.45, 7) is 1.49. The number of primary amides is 1. The molecule has 0 saturated heterocycles. The first-order valence-corrected chi connectivity index (χ1v) is 9.37. The lowest BCUT2D eigenvalue weighted by Gasteiger charge is -2.36. The molecule has 0 aliphatic heterocycles. The van der Waals surface area contributed by atoms with Crippen LogP contribution in [0.5, 0.6) is 0 Å². The Bertz CT molecular complexity index is 1100. The SMILES string of the molecule is C[C@H](c1cc(F)cc(F)c1)N(C(=O)c1cccc(F)c1N)[C@@H](C(N)=O)c1ccccc1. The second-order valence-corrected chi connectivity index (χ2v) is 7.01. The van der Waals surface area contributed by atoms with Gasteiger partial charge in [-0.25, -0.2) is 13.2 Å². The standard InChI is InChI=1S/C23H20F3N3O2/c1-13(15-10-16(24)12-17(25)11-15)29(21(22(28)30)14-6-3-2-4-7-14)23(31)18-8-5-9-19(26)20(18)27/h2-13,21H,27H2,1H3,(H2,28,30)/t13-,21-/m1/s1. The van der Waals surface area contributed by atoms with Gasteiger partial charge in [0.05, 0.1) is 17.3 Å². The van der Waals surface area contributed by atoms with Gasteiger partial charge in [-0.3, -0.25) is 9.59 Å². The zero-order valence-electron chi connectivity index (χ0n) is 16.6. The molecule has 0 unspecified atom stereocenters. The molecule has 3 aromatic carbocycles. The highest BCUT2D eigenvalue weighted by Gasteiger charge is 2.36. The molecule has 0 saturated carbocycles. The van der Waals surface area contributed by atoms with E-state index in [0.29, 0.717) is 11.6 Å². The van der Waals surface area contributed by atoms with E-state index in [0.717, 1.165) is 23.1 Å². The third kappa shape index (κ3) is 4.53. The Morgan fingerprint density at radius 3 is 2.06 bits per heavy atom. The van der Waals surface area contributed by atoms with E-state index in [1.54, 1.807) is 30.3 Å². The molecule has 2 atom stereocenters. The van der Waals surface area contributed by atoms with Crippen LogP contribution in [0, 0.1) is 17.5 Å². The number of nitrogens with two attached hydrogens (primary N) is 2. The third-order valence-corrected chi connectivity index (χ3v) is 4.97. The number of carbonyl (C=O) groups excluding carboxylic acids is 2. The van der Waals surface area contributed by atoms with Gasteiger partial charge >= 0.3 is 0 Å². The van der Waals surface area contributed by atoms with Gasteiger partial charge in [-0.1, -0.05) is 36.4 Å². The summed E-state index contributed by atoms with van der Waals surface area (Å²) in [6, 6.07) is 12.3. The van der Waals surface area contributed by atoms with Crippen molar-refractivity contribution in [3.8, 4) is 0 Å². The minimum atomic E-state index is -1.31. The summed E-state index contributed by atoms with van der Waals surface area (Å²) in [5.41, 5.74) is 11.3. The summed E-state index contributed by atoms with van der Waals surface area (Å²) in [7, 11) is 0. The molecule has 0 aliphatic carbocycles. The van der Waals surface area contributed by atoms with Crippen LogP contribution in [0.4, 0.5) is 18.9 Å². The molecule has 0 heterocycles. The second-order valence-electron chi connectivity index (χ2n) is 7.01. The summed E-state index contributed by atoms with van der Waals surface area (Å²) in [4.78, 5) is 27.0. The minimum Gasteiger partial charge on any atom is -0.396 e. The smallest absolute Gasteiger partial charge is 0.257 e. The zero-order chi connectivity index (χ0) is 22.7. The maximum atomic E-state index is 14.0. The molecular formula is C23H20F3N3O2. The fourth-order valence-corrected chi connectivity index (χ4v) is 3.45. The number of nitrogens with zero attached hydrogens (tertiary/aromatic N) is 1. The van der Waals surface area contributed by atoms with Crippen molar-refractivity contribution >= 4 is 17.5 Å². The summed E-state index contributed by atoms with van der Waals surface area (Å²) < 4.78 is 41.8. The third-order valence-electron chi connectivity index (χ3n) is 4.97. The van der Waals surface area contributed by atoms with Gasteiger partial charge < -0.3 is 16.4 Å². The van der Waals surface area contributed by atoms with Gasteiger partial charge in [-0.05, 0) is 42.3 Å². The Morgan fingerprint density at radius 2 is 1.48 bits per heavy atom. The minimum absolute atomic E-state index is 0.0861. The second kappa shape index (κ2) is 8.91. The number of hydrogen-bond donors (Lipinski definition) is 2. The van der Waals surface area contributed by atoms with Crippen molar-refractivity contribution in [2.24, 2.45) is 5.73 Å². The van der Waals surface area contributed by atoms with E-state index in [1.165, 1.54) is 19.1 Å². The highest BCUT2D eigenvalue weighted by Crippen LogP contribution is 2.34. The van der Waals surface area contributed by atoms with E-state index in [-0.39, 0.29) is 11.1 Å². The average molecular weight is 427 g/mol. The van der Waals surface area contributed by atoms with E-state index in [1.807, 2.05) is 0 Å². The highest BCUT2D eigenvalue weighted by molar-refractivity contribution is 6.01. The van der Waals surface area contributed by atoms with Crippen LogP contribution in [0.15, 0.2) is 66.7 Å². The Labute approximate surface area is 177 Å². The van der Waals surface area contributed by atoms with Gasteiger partial charge in [0.2, 0.25) is 5.91 Å². The van der Waals surface area contributed by atoms with Gasteiger partial charge in [0.15, 0.2) is 0 Å². The number of carbonyl (C=O) groups is 2. The monoisotopic (exact) mass is 427 g/mol. The van der Waals surface area contributed by atoms with Crippen LogP contribution < -0.4 is 11.5 Å². The first-order valence-electron chi connectivity index (χ1n) is 9.37. The predicted octanol–water partition coefficient (Wildman–Crippen LogP) is 4.12. The molecule has 3 rings (SSSR count). The van der Waals surface area contributed by atoms with Crippen molar-refractivity contribution in [1.29, 1.82) is 0 Å². The lowest BCUT2D eigenvalue weighted by molar-refractivity contribution is -0.123. The fraction of sp³-hybridized carbons (Fsp3) is 0.130. The fourth-order valence-electron chi connectivity index (χ4n) is 3.45. The Morgan fingerprint density at radius 1 is 0.871 bits per heavy atom. The molecule has 0 radical (unpaired) electrons. The van der Waals surface area contributed by atoms with Crippen LogP contribution in [-0.4, -0.2) is 16.7 Å². The largest absolute Gasteiger partial charge is 0.396 e. The van der Waals surface area contributed by atoms with E-state index in [2.05, 4.69) is 0 Å². The van der Waals surface area contributed by atoms with Crippen LogP contribution >= 0.6 is 0 Å². The molecular weight excluding hydrogens is 407 g/mol. The molecule has 4 N–H and O–H groups in total. The van der Waals surface area contributed by atoms with Gasteiger partial charge in [0, 0.05) is 6.07 Å². The topological polar surface area (TPSA) is 89.4 Å². The molecule has 0 fully saturated rings. The number of amides is 2. The van der Waals surface area contributed by atoms with Gasteiger partial charge in [0.25, 0.3) is 5.91 Å². The number of hydrogen-bond acceptors (Lipinski definition) is 3. The molecule has 5 nitrogen and oxygen atoms in total. The number of rotatable bonds is 6. The summed E-state index contributed by atoms with van der Waals surface area (Å²) in [5, 5.41) is 0. The molecule has 0 aromatic heterocycles. The van der Waals surface area contributed by atoms with Gasteiger partial charge in [-0.15, -0.1) is 0 Å². The number of anilines is 1. The maximum absolute atomic E-state index is 14.0. The van der Waals surface area contributed by atoms with Crippen molar-refractivity contribution in [3.05, 3.63) is 101 Å². The van der Waals surface area contributed by atoms with Crippen molar-refractivity contribution in [2.45, 2.75) is 19.0 Å². The average Bonchev–Trinajstić information content (AvgIpc) is 2.72. The van der Waals surface area contributed by atoms with Crippen molar-refractivity contribution in [1.82, 2.24) is 4.90 Å². The summed E-state index contributed by atoms with van der Waals surface area (Å²) in [6.07, 6.45) is 0.